The summed E-state index contributed by atoms with van der Waals surface area (Å²) >= 11 is 0. The van der Waals surface area contributed by atoms with E-state index in [1.807, 2.05) is 13.8 Å². The smallest absolute Gasteiger partial charge is 0.253 e. The lowest BCUT2D eigenvalue weighted by Crippen LogP contribution is -2.35. The van der Waals surface area contributed by atoms with Crippen molar-refractivity contribution in [2.24, 2.45) is 5.92 Å². The predicted molar refractivity (Wildman–Crippen MR) is 70.6 cm³/mol. The molecule has 0 radical (unpaired) electrons. The third kappa shape index (κ3) is 3.63. The Hall–Kier alpha value is -1.75. The van der Waals surface area contributed by atoms with Crippen molar-refractivity contribution in [3.63, 3.8) is 0 Å². The van der Waals surface area contributed by atoms with Crippen LogP contribution in [0, 0.1) is 5.92 Å². The monoisotopic (exact) mass is 252 g/mol. The minimum Gasteiger partial charge on any atom is -0.497 e. The molecular formula is C13H20N2O3. The van der Waals surface area contributed by atoms with E-state index in [0.29, 0.717) is 17.0 Å². The number of benzene rings is 1. The van der Waals surface area contributed by atoms with Crippen LogP contribution in [0.4, 0.5) is 5.69 Å². The molecule has 0 aliphatic rings. The molecule has 0 saturated heterocycles. The first-order valence-corrected chi connectivity index (χ1v) is 5.85. The van der Waals surface area contributed by atoms with Crippen LogP contribution in [0.3, 0.4) is 0 Å². The van der Waals surface area contributed by atoms with E-state index in [4.69, 9.17) is 10.5 Å². The Morgan fingerprint density at radius 1 is 1.50 bits per heavy atom. The van der Waals surface area contributed by atoms with Crippen LogP contribution in [-0.4, -0.2) is 30.8 Å². The molecule has 1 amide bonds. The Labute approximate surface area is 107 Å². The SMILES string of the molecule is COc1ccc(N)c(C(=O)NCC(O)C(C)C)c1. The van der Waals surface area contributed by atoms with Gasteiger partial charge in [0, 0.05) is 12.2 Å². The highest BCUT2D eigenvalue weighted by molar-refractivity contribution is 5.99. The number of aliphatic hydroxyl groups is 1. The number of nitrogens with two attached hydrogens (primary N) is 1. The lowest BCUT2D eigenvalue weighted by Gasteiger charge is -2.15. The van der Waals surface area contributed by atoms with Crippen LogP contribution in [0.2, 0.25) is 0 Å². The molecule has 1 atom stereocenters. The first kappa shape index (κ1) is 14.3. The van der Waals surface area contributed by atoms with Crippen LogP contribution in [0.5, 0.6) is 5.75 Å². The quantitative estimate of drug-likeness (QED) is 0.683. The van der Waals surface area contributed by atoms with Crippen LogP contribution in [0.1, 0.15) is 24.2 Å². The number of ether oxygens (including phenoxy) is 1. The van der Waals surface area contributed by atoms with Gasteiger partial charge in [-0.2, -0.15) is 0 Å². The van der Waals surface area contributed by atoms with Crippen molar-refractivity contribution < 1.29 is 14.6 Å². The molecule has 0 aliphatic heterocycles. The summed E-state index contributed by atoms with van der Waals surface area (Å²) in [4.78, 5) is 11.9. The lowest BCUT2D eigenvalue weighted by molar-refractivity contribution is 0.0872. The first-order chi connectivity index (χ1) is 8.45. The van der Waals surface area contributed by atoms with Crippen molar-refractivity contribution in [3.05, 3.63) is 23.8 Å². The van der Waals surface area contributed by atoms with E-state index in [9.17, 15) is 9.90 Å². The van der Waals surface area contributed by atoms with Crippen molar-refractivity contribution in [3.8, 4) is 5.75 Å². The third-order valence-electron chi connectivity index (χ3n) is 2.75. The molecule has 0 spiro atoms. The number of rotatable bonds is 5. The number of nitrogen functional groups attached to an aromatic ring is 1. The molecule has 5 heteroatoms. The second kappa shape index (κ2) is 6.26. The molecular weight excluding hydrogens is 232 g/mol. The molecule has 1 unspecified atom stereocenters. The van der Waals surface area contributed by atoms with Crippen LogP contribution in [0.25, 0.3) is 0 Å². The Kier molecular flexibility index (Phi) is 4.97. The summed E-state index contributed by atoms with van der Waals surface area (Å²) in [5.74, 6) is 0.345. The molecule has 0 saturated carbocycles. The van der Waals surface area contributed by atoms with Gasteiger partial charge in [0.05, 0.1) is 18.8 Å². The van der Waals surface area contributed by atoms with E-state index in [-0.39, 0.29) is 18.4 Å². The standard InChI is InChI=1S/C13H20N2O3/c1-8(2)12(16)7-15-13(17)10-6-9(18-3)4-5-11(10)14/h4-6,8,12,16H,7,14H2,1-3H3,(H,15,17). The van der Waals surface area contributed by atoms with Gasteiger partial charge in [0.1, 0.15) is 5.75 Å². The maximum absolute atomic E-state index is 11.9. The average molecular weight is 252 g/mol. The Morgan fingerprint density at radius 3 is 2.72 bits per heavy atom. The van der Waals surface area contributed by atoms with Crippen molar-refractivity contribution in [2.75, 3.05) is 19.4 Å². The van der Waals surface area contributed by atoms with Crippen LogP contribution < -0.4 is 15.8 Å². The predicted octanol–water partition coefficient (Wildman–Crippen LogP) is 1.02. The summed E-state index contributed by atoms with van der Waals surface area (Å²) in [6.07, 6.45) is -0.569. The molecule has 1 rings (SSSR count). The molecule has 5 nitrogen and oxygen atoms in total. The number of methoxy groups -OCH3 is 1. The van der Waals surface area contributed by atoms with Crippen molar-refractivity contribution in [1.82, 2.24) is 5.32 Å². The zero-order chi connectivity index (χ0) is 13.7. The number of carbonyl (C=O) groups is 1. The van der Waals surface area contributed by atoms with Gasteiger partial charge in [0.25, 0.3) is 5.91 Å². The van der Waals surface area contributed by atoms with E-state index in [1.54, 1.807) is 18.2 Å². The number of carbonyl (C=O) groups excluding carboxylic acids is 1. The van der Waals surface area contributed by atoms with Gasteiger partial charge < -0.3 is 20.9 Å². The van der Waals surface area contributed by atoms with Gasteiger partial charge in [-0.3, -0.25) is 4.79 Å². The van der Waals surface area contributed by atoms with E-state index in [1.165, 1.54) is 7.11 Å². The summed E-state index contributed by atoms with van der Waals surface area (Å²) < 4.78 is 5.04. The molecule has 1 aromatic carbocycles. The van der Waals surface area contributed by atoms with E-state index < -0.39 is 6.10 Å². The Bertz CT molecular complexity index is 419. The summed E-state index contributed by atoms with van der Waals surface area (Å²) in [6.45, 7) is 3.97. The van der Waals surface area contributed by atoms with Gasteiger partial charge in [-0.1, -0.05) is 13.8 Å². The molecule has 0 heterocycles. The maximum atomic E-state index is 11.9. The number of nitrogens with one attached hydrogen (secondary N) is 1. The zero-order valence-corrected chi connectivity index (χ0v) is 10.9. The topological polar surface area (TPSA) is 84.6 Å². The molecule has 0 aliphatic carbocycles. The molecule has 1 aromatic rings. The minimum absolute atomic E-state index is 0.0907. The number of amides is 1. The zero-order valence-electron chi connectivity index (χ0n) is 10.9. The third-order valence-corrected chi connectivity index (χ3v) is 2.75. The maximum Gasteiger partial charge on any atom is 0.253 e. The second-order valence-corrected chi connectivity index (χ2v) is 4.47. The number of hydrogen-bond acceptors (Lipinski definition) is 4. The summed E-state index contributed by atoms with van der Waals surface area (Å²) in [5, 5.41) is 12.3. The summed E-state index contributed by atoms with van der Waals surface area (Å²) in [5.41, 5.74) is 6.47. The number of anilines is 1. The summed E-state index contributed by atoms with van der Waals surface area (Å²) in [7, 11) is 1.52. The van der Waals surface area contributed by atoms with Crippen LogP contribution in [0.15, 0.2) is 18.2 Å². The molecule has 4 N–H and O–H groups in total. The number of hydrogen-bond donors (Lipinski definition) is 3. The Morgan fingerprint density at radius 2 is 2.17 bits per heavy atom. The lowest BCUT2D eigenvalue weighted by atomic mass is 10.1. The largest absolute Gasteiger partial charge is 0.497 e. The molecule has 18 heavy (non-hydrogen) atoms. The minimum atomic E-state index is -0.569. The average Bonchev–Trinajstić information content (AvgIpc) is 2.35. The first-order valence-electron chi connectivity index (χ1n) is 5.85. The van der Waals surface area contributed by atoms with Gasteiger partial charge >= 0.3 is 0 Å². The van der Waals surface area contributed by atoms with Gasteiger partial charge in [0.2, 0.25) is 0 Å². The van der Waals surface area contributed by atoms with Crippen molar-refractivity contribution in [1.29, 1.82) is 0 Å². The molecule has 0 fully saturated rings. The van der Waals surface area contributed by atoms with Gasteiger partial charge in [-0.15, -0.1) is 0 Å². The number of aliphatic hydroxyl groups excluding tert-OH is 1. The van der Waals surface area contributed by atoms with Crippen LogP contribution >= 0.6 is 0 Å². The van der Waals surface area contributed by atoms with Gasteiger partial charge in [-0.05, 0) is 24.1 Å². The molecule has 100 valence electrons. The van der Waals surface area contributed by atoms with Crippen molar-refractivity contribution >= 4 is 11.6 Å². The van der Waals surface area contributed by atoms with Gasteiger partial charge in [-0.25, -0.2) is 0 Å². The fourth-order valence-corrected chi connectivity index (χ4v) is 1.39. The van der Waals surface area contributed by atoms with Crippen LogP contribution in [-0.2, 0) is 0 Å². The van der Waals surface area contributed by atoms with Crippen molar-refractivity contribution in [2.45, 2.75) is 20.0 Å². The van der Waals surface area contributed by atoms with Gasteiger partial charge in [0.15, 0.2) is 0 Å². The summed E-state index contributed by atoms with van der Waals surface area (Å²) in [6, 6.07) is 4.88. The highest BCUT2D eigenvalue weighted by Crippen LogP contribution is 2.19. The van der Waals surface area contributed by atoms with E-state index in [2.05, 4.69) is 5.32 Å². The highest BCUT2D eigenvalue weighted by atomic mass is 16.5. The van der Waals surface area contributed by atoms with E-state index in [0.717, 1.165) is 0 Å². The fraction of sp³-hybridized carbons (Fsp3) is 0.462. The molecule has 0 aromatic heterocycles. The fourth-order valence-electron chi connectivity index (χ4n) is 1.39. The molecule has 0 bridgehead atoms. The second-order valence-electron chi connectivity index (χ2n) is 4.47. The highest BCUT2D eigenvalue weighted by Gasteiger charge is 2.14. The normalized spacial score (nSPS) is 12.3. The van der Waals surface area contributed by atoms with E-state index >= 15 is 0 Å². The Balaban J connectivity index is 2.72.